The zero-order chi connectivity index (χ0) is 26.5. The van der Waals surface area contributed by atoms with Crippen LogP contribution in [0.3, 0.4) is 0 Å². The summed E-state index contributed by atoms with van der Waals surface area (Å²) < 4.78 is 19.1. The molecule has 1 aliphatic carbocycles. The molecule has 3 aromatic rings. The lowest BCUT2D eigenvalue weighted by molar-refractivity contribution is -0.149. The SMILES string of the molecule is COc1cc(C=Nn2c(C3CCCCC3)nc3ccc(Br)cc3c2=O)cc(Br)c1OCC(=O)OC(C)C. The van der Waals surface area contributed by atoms with Crippen LogP contribution in [0.1, 0.15) is 63.3 Å². The maximum atomic E-state index is 13.5. The van der Waals surface area contributed by atoms with Crippen LogP contribution in [0.15, 0.2) is 49.2 Å². The van der Waals surface area contributed by atoms with Crippen LogP contribution in [0.5, 0.6) is 11.5 Å². The fraction of sp³-hybridized carbons (Fsp3) is 0.407. The Morgan fingerprint density at radius 1 is 1.19 bits per heavy atom. The van der Waals surface area contributed by atoms with Crippen LogP contribution in [-0.4, -0.2) is 41.7 Å². The number of halogens is 2. The van der Waals surface area contributed by atoms with Gasteiger partial charge in [0.15, 0.2) is 18.1 Å². The van der Waals surface area contributed by atoms with Gasteiger partial charge in [0.1, 0.15) is 5.82 Å². The minimum atomic E-state index is -0.473. The van der Waals surface area contributed by atoms with Gasteiger partial charge in [0.05, 0.1) is 34.8 Å². The number of benzene rings is 2. The average Bonchev–Trinajstić information content (AvgIpc) is 2.87. The summed E-state index contributed by atoms with van der Waals surface area (Å²) in [7, 11) is 1.51. The maximum Gasteiger partial charge on any atom is 0.344 e. The second-order valence-electron chi connectivity index (χ2n) is 9.19. The van der Waals surface area contributed by atoms with E-state index in [-0.39, 0.29) is 24.2 Å². The minimum Gasteiger partial charge on any atom is -0.493 e. The fourth-order valence-corrected chi connectivity index (χ4v) is 5.34. The summed E-state index contributed by atoms with van der Waals surface area (Å²) in [5, 5.41) is 5.10. The Balaban J connectivity index is 1.69. The van der Waals surface area contributed by atoms with Crippen LogP contribution in [0, 0.1) is 0 Å². The Labute approximate surface area is 232 Å². The summed E-state index contributed by atoms with van der Waals surface area (Å²) in [5.74, 6) is 1.17. The Kier molecular flexibility index (Phi) is 9.02. The first-order chi connectivity index (χ1) is 17.8. The van der Waals surface area contributed by atoms with E-state index in [1.165, 1.54) is 18.2 Å². The molecule has 1 aromatic heterocycles. The van der Waals surface area contributed by atoms with Crippen molar-refractivity contribution >= 4 is 54.9 Å². The van der Waals surface area contributed by atoms with E-state index in [1.807, 2.05) is 12.1 Å². The van der Waals surface area contributed by atoms with E-state index in [0.717, 1.165) is 30.2 Å². The molecule has 0 radical (unpaired) electrons. The highest BCUT2D eigenvalue weighted by atomic mass is 79.9. The zero-order valence-corrected chi connectivity index (χ0v) is 24.2. The third kappa shape index (κ3) is 6.59. The highest BCUT2D eigenvalue weighted by molar-refractivity contribution is 9.10. The summed E-state index contributed by atoms with van der Waals surface area (Å²) >= 11 is 6.94. The summed E-state index contributed by atoms with van der Waals surface area (Å²) in [6.45, 7) is 3.30. The molecule has 196 valence electrons. The van der Waals surface area contributed by atoms with Crippen molar-refractivity contribution in [3.8, 4) is 11.5 Å². The van der Waals surface area contributed by atoms with Gasteiger partial charge in [-0.1, -0.05) is 35.2 Å². The number of hydrogen-bond acceptors (Lipinski definition) is 7. The Morgan fingerprint density at radius 2 is 1.95 bits per heavy atom. The number of esters is 1. The Morgan fingerprint density at radius 3 is 2.65 bits per heavy atom. The number of methoxy groups -OCH3 is 1. The van der Waals surface area contributed by atoms with Gasteiger partial charge in [-0.25, -0.2) is 9.78 Å². The van der Waals surface area contributed by atoms with Crippen LogP contribution in [0.2, 0.25) is 0 Å². The molecule has 1 aliphatic rings. The van der Waals surface area contributed by atoms with Crippen LogP contribution >= 0.6 is 31.9 Å². The highest BCUT2D eigenvalue weighted by Crippen LogP contribution is 2.36. The molecule has 2 aromatic carbocycles. The predicted molar refractivity (Wildman–Crippen MR) is 150 cm³/mol. The number of carbonyl (C=O) groups is 1. The molecule has 0 saturated heterocycles. The second-order valence-corrected chi connectivity index (χ2v) is 11.0. The molecule has 1 fully saturated rings. The molecule has 0 spiro atoms. The molecule has 8 nitrogen and oxygen atoms in total. The van der Waals surface area contributed by atoms with E-state index in [1.54, 1.807) is 38.3 Å². The van der Waals surface area contributed by atoms with Crippen molar-refractivity contribution < 1.29 is 19.0 Å². The number of nitrogens with zero attached hydrogens (tertiary/aromatic N) is 3. The first-order valence-corrected chi connectivity index (χ1v) is 13.8. The molecule has 0 N–H and O–H groups in total. The summed E-state index contributed by atoms with van der Waals surface area (Å²) in [5.41, 5.74) is 1.14. The van der Waals surface area contributed by atoms with E-state index in [2.05, 4.69) is 37.0 Å². The lowest BCUT2D eigenvalue weighted by Crippen LogP contribution is -2.25. The van der Waals surface area contributed by atoms with Gasteiger partial charge in [0.2, 0.25) is 0 Å². The molecule has 0 bridgehead atoms. The molecular weight excluding hydrogens is 606 g/mol. The van der Waals surface area contributed by atoms with Gasteiger partial charge in [-0.2, -0.15) is 9.78 Å². The van der Waals surface area contributed by atoms with Gasteiger partial charge < -0.3 is 14.2 Å². The third-order valence-corrected chi connectivity index (χ3v) is 7.16. The smallest absolute Gasteiger partial charge is 0.344 e. The van der Waals surface area contributed by atoms with Crippen molar-refractivity contribution in [2.24, 2.45) is 5.10 Å². The maximum absolute atomic E-state index is 13.5. The molecule has 4 rings (SSSR count). The third-order valence-electron chi connectivity index (χ3n) is 6.08. The van der Waals surface area contributed by atoms with Crippen LogP contribution < -0.4 is 15.0 Å². The van der Waals surface area contributed by atoms with Crippen LogP contribution in [0.4, 0.5) is 0 Å². The number of carbonyl (C=O) groups excluding carboxylic acids is 1. The van der Waals surface area contributed by atoms with Gasteiger partial charge >= 0.3 is 5.97 Å². The first kappa shape index (κ1) is 27.3. The molecule has 37 heavy (non-hydrogen) atoms. The molecule has 1 heterocycles. The number of aromatic nitrogens is 2. The number of fused-ring (bicyclic) bond motifs is 1. The standard InChI is InChI=1S/C27H29Br2N3O5/c1-16(2)37-24(33)15-36-25-21(29)11-17(12-23(25)35-3)14-30-32-26(18-7-5-4-6-8-18)31-22-10-9-19(28)13-20(22)27(32)34/h9-14,16,18H,4-8,15H2,1-3H3. The fourth-order valence-electron chi connectivity index (χ4n) is 4.41. The normalized spacial score (nSPS) is 14.4. The van der Waals surface area contributed by atoms with Crippen LogP contribution in [0.25, 0.3) is 10.9 Å². The average molecular weight is 635 g/mol. The quantitative estimate of drug-likeness (QED) is 0.217. The summed E-state index contributed by atoms with van der Waals surface area (Å²) in [4.78, 5) is 30.3. The molecule has 0 aliphatic heterocycles. The molecule has 1 saturated carbocycles. The monoisotopic (exact) mass is 633 g/mol. The Hall–Kier alpha value is -2.72. The van der Waals surface area contributed by atoms with Crippen molar-refractivity contribution in [1.29, 1.82) is 0 Å². The molecule has 0 unspecified atom stereocenters. The van der Waals surface area contributed by atoms with E-state index < -0.39 is 5.97 Å². The largest absolute Gasteiger partial charge is 0.493 e. The van der Waals surface area contributed by atoms with E-state index in [9.17, 15) is 9.59 Å². The number of hydrogen-bond donors (Lipinski definition) is 0. The first-order valence-electron chi connectivity index (χ1n) is 12.2. The predicted octanol–water partition coefficient (Wildman–Crippen LogP) is 6.19. The van der Waals surface area contributed by atoms with Gasteiger partial charge in [0.25, 0.3) is 5.56 Å². The van der Waals surface area contributed by atoms with E-state index in [4.69, 9.17) is 19.2 Å². The van der Waals surface area contributed by atoms with Crippen LogP contribution in [-0.2, 0) is 9.53 Å². The van der Waals surface area contributed by atoms with Gasteiger partial charge in [-0.05, 0) is 78.5 Å². The van der Waals surface area contributed by atoms with Crippen molar-refractivity contribution in [2.75, 3.05) is 13.7 Å². The molecule has 10 heteroatoms. The molecular formula is C27H29Br2N3O5. The number of rotatable bonds is 8. The van der Waals surface area contributed by atoms with E-state index in [0.29, 0.717) is 38.3 Å². The second kappa shape index (κ2) is 12.2. The van der Waals surface area contributed by atoms with Crippen molar-refractivity contribution in [3.05, 3.63) is 61.0 Å². The molecule has 0 amide bonds. The van der Waals surface area contributed by atoms with Gasteiger partial charge in [-0.3, -0.25) is 4.79 Å². The van der Waals surface area contributed by atoms with Crippen molar-refractivity contribution in [1.82, 2.24) is 9.66 Å². The molecule has 0 atom stereocenters. The Bertz CT molecular complexity index is 1380. The van der Waals surface area contributed by atoms with Gasteiger partial charge in [-0.15, -0.1) is 0 Å². The van der Waals surface area contributed by atoms with E-state index >= 15 is 0 Å². The van der Waals surface area contributed by atoms with Crippen molar-refractivity contribution in [3.63, 3.8) is 0 Å². The lowest BCUT2D eigenvalue weighted by atomic mass is 9.88. The summed E-state index contributed by atoms with van der Waals surface area (Å²) in [6.07, 6.45) is 6.75. The topological polar surface area (TPSA) is 92.0 Å². The summed E-state index contributed by atoms with van der Waals surface area (Å²) in [6, 6.07) is 9.04. The van der Waals surface area contributed by atoms with Gasteiger partial charge in [0, 0.05) is 10.4 Å². The highest BCUT2D eigenvalue weighted by Gasteiger charge is 2.23. The number of ether oxygens (including phenoxy) is 3. The van der Waals surface area contributed by atoms with Crippen molar-refractivity contribution in [2.45, 2.75) is 58.0 Å². The lowest BCUT2D eigenvalue weighted by Gasteiger charge is -2.22. The zero-order valence-electron chi connectivity index (χ0n) is 21.0. The minimum absolute atomic E-state index is 0.175.